The molecule has 138 valence electrons. The number of aryl methyl sites for hydroxylation is 2. The van der Waals surface area contributed by atoms with Crippen LogP contribution < -0.4 is 0 Å². The molecule has 0 amide bonds. The minimum atomic E-state index is -0.304. The van der Waals surface area contributed by atoms with Gasteiger partial charge in [-0.15, -0.1) is 21.5 Å². The summed E-state index contributed by atoms with van der Waals surface area (Å²) in [6.45, 7) is 3.65. The van der Waals surface area contributed by atoms with Crippen LogP contribution in [0.3, 0.4) is 0 Å². The molecule has 3 aromatic heterocycles. The van der Waals surface area contributed by atoms with Gasteiger partial charge in [0.15, 0.2) is 0 Å². The highest BCUT2D eigenvalue weighted by Gasteiger charge is 2.14. The van der Waals surface area contributed by atoms with E-state index in [2.05, 4.69) is 25.3 Å². The van der Waals surface area contributed by atoms with Crippen molar-refractivity contribution in [2.75, 3.05) is 0 Å². The van der Waals surface area contributed by atoms with E-state index < -0.39 is 0 Å². The fourth-order valence-electron chi connectivity index (χ4n) is 2.30. The summed E-state index contributed by atoms with van der Waals surface area (Å²) in [6.07, 6.45) is 0.502. The molecule has 0 N–H and O–H groups in total. The van der Waals surface area contributed by atoms with E-state index in [1.807, 2.05) is 12.3 Å². The first-order valence-electron chi connectivity index (χ1n) is 8.02. The normalized spacial score (nSPS) is 11.2. The van der Waals surface area contributed by atoms with E-state index in [1.54, 1.807) is 30.4 Å². The average Bonchev–Trinajstić information content (AvgIpc) is 3.38. The van der Waals surface area contributed by atoms with Crippen LogP contribution in [0.4, 0.5) is 4.39 Å². The molecule has 0 aliphatic rings. The van der Waals surface area contributed by atoms with Crippen molar-refractivity contribution >= 4 is 23.1 Å². The molecule has 0 unspecified atom stereocenters. The van der Waals surface area contributed by atoms with E-state index in [0.717, 1.165) is 10.7 Å². The van der Waals surface area contributed by atoms with Crippen molar-refractivity contribution < 1.29 is 13.3 Å². The maximum absolute atomic E-state index is 13.7. The average molecular weight is 403 g/mol. The van der Waals surface area contributed by atoms with Crippen LogP contribution in [0, 0.1) is 19.7 Å². The number of hydrogen-bond donors (Lipinski definition) is 0. The molecule has 0 atom stereocenters. The molecule has 1 aromatic carbocycles. The van der Waals surface area contributed by atoms with Crippen molar-refractivity contribution in [3.8, 4) is 11.4 Å². The van der Waals surface area contributed by atoms with Crippen LogP contribution in [-0.4, -0.2) is 25.3 Å². The summed E-state index contributed by atoms with van der Waals surface area (Å²) >= 11 is 2.88. The predicted molar refractivity (Wildman–Crippen MR) is 97.9 cm³/mol. The number of benzene rings is 1. The SMILES string of the molecule is Cc1nc(Cc2nnc(SCc3nc(-c4ccc(C)c(F)c4)no3)o2)cs1. The van der Waals surface area contributed by atoms with Crippen LogP contribution in [0.2, 0.25) is 0 Å². The van der Waals surface area contributed by atoms with Gasteiger partial charge in [0.05, 0.1) is 22.9 Å². The lowest BCUT2D eigenvalue weighted by Crippen LogP contribution is -1.88. The molecule has 10 heteroatoms. The van der Waals surface area contributed by atoms with Gasteiger partial charge in [-0.2, -0.15) is 4.98 Å². The summed E-state index contributed by atoms with van der Waals surface area (Å²) in [6, 6.07) is 4.82. The molecule has 0 radical (unpaired) electrons. The zero-order valence-corrected chi connectivity index (χ0v) is 16.1. The Kier molecular flexibility index (Phi) is 4.99. The van der Waals surface area contributed by atoms with Crippen molar-refractivity contribution in [1.82, 2.24) is 25.3 Å². The maximum atomic E-state index is 13.7. The van der Waals surface area contributed by atoms with E-state index in [9.17, 15) is 4.39 Å². The Balaban J connectivity index is 1.38. The Labute approximate surface area is 162 Å². The minimum Gasteiger partial charge on any atom is -0.416 e. The van der Waals surface area contributed by atoms with Gasteiger partial charge in [-0.3, -0.25) is 0 Å². The molecule has 0 aliphatic carbocycles. The molecule has 0 saturated heterocycles. The van der Waals surface area contributed by atoms with E-state index in [4.69, 9.17) is 8.94 Å². The van der Waals surface area contributed by atoms with Crippen molar-refractivity contribution in [1.29, 1.82) is 0 Å². The molecule has 0 aliphatic heterocycles. The second-order valence-corrected chi connectivity index (χ2v) is 7.75. The fourth-order valence-corrected chi connectivity index (χ4v) is 3.53. The zero-order valence-electron chi connectivity index (χ0n) is 14.5. The smallest absolute Gasteiger partial charge is 0.277 e. The number of thioether (sulfide) groups is 1. The summed E-state index contributed by atoms with van der Waals surface area (Å²) < 4.78 is 24.5. The summed E-state index contributed by atoms with van der Waals surface area (Å²) in [5.41, 5.74) is 2.04. The van der Waals surface area contributed by atoms with Crippen LogP contribution >= 0.6 is 23.1 Å². The van der Waals surface area contributed by atoms with Gasteiger partial charge in [-0.05, 0) is 25.5 Å². The lowest BCUT2D eigenvalue weighted by Gasteiger charge is -1.97. The van der Waals surface area contributed by atoms with Gasteiger partial charge in [-0.1, -0.05) is 29.1 Å². The van der Waals surface area contributed by atoms with Crippen LogP contribution in [0.15, 0.2) is 37.7 Å². The highest BCUT2D eigenvalue weighted by molar-refractivity contribution is 7.98. The summed E-state index contributed by atoms with van der Waals surface area (Å²) in [5.74, 6) is 1.31. The minimum absolute atomic E-state index is 0.304. The largest absolute Gasteiger partial charge is 0.416 e. The fraction of sp³-hybridized carbons (Fsp3) is 0.235. The molecule has 0 saturated carbocycles. The number of thiazole rings is 1. The molecule has 4 aromatic rings. The van der Waals surface area contributed by atoms with Crippen LogP contribution in [0.25, 0.3) is 11.4 Å². The van der Waals surface area contributed by atoms with Crippen molar-refractivity contribution in [2.24, 2.45) is 0 Å². The van der Waals surface area contributed by atoms with E-state index in [1.165, 1.54) is 17.8 Å². The van der Waals surface area contributed by atoms with Gasteiger partial charge in [0.2, 0.25) is 17.6 Å². The van der Waals surface area contributed by atoms with Crippen LogP contribution in [0.5, 0.6) is 0 Å². The number of rotatable bonds is 6. The Bertz CT molecular complexity index is 1070. The molecular weight excluding hydrogens is 389 g/mol. The summed E-state index contributed by atoms with van der Waals surface area (Å²) in [7, 11) is 0. The number of nitrogens with zero attached hydrogens (tertiary/aromatic N) is 5. The predicted octanol–water partition coefficient (Wildman–Crippen LogP) is 4.22. The van der Waals surface area contributed by atoms with E-state index >= 15 is 0 Å². The third-order valence-corrected chi connectivity index (χ3v) is 5.29. The second-order valence-electron chi connectivity index (χ2n) is 5.76. The monoisotopic (exact) mass is 403 g/mol. The molecule has 7 nitrogen and oxygen atoms in total. The van der Waals surface area contributed by atoms with Gasteiger partial charge in [0.25, 0.3) is 5.22 Å². The van der Waals surface area contributed by atoms with Crippen molar-refractivity contribution in [3.63, 3.8) is 0 Å². The van der Waals surface area contributed by atoms with Gasteiger partial charge >= 0.3 is 0 Å². The molecule has 0 spiro atoms. The van der Waals surface area contributed by atoms with Crippen molar-refractivity contribution in [2.45, 2.75) is 31.2 Å². The Morgan fingerprint density at radius 3 is 2.81 bits per heavy atom. The van der Waals surface area contributed by atoms with Gasteiger partial charge < -0.3 is 8.94 Å². The van der Waals surface area contributed by atoms with Crippen molar-refractivity contribution in [3.05, 3.63) is 57.4 Å². The molecule has 0 fully saturated rings. The standard InChI is InChI=1S/C17H14FN5O2S2/c1-9-3-4-11(5-13(9)18)16-20-15(25-23-16)8-27-17-22-21-14(24-17)6-12-7-26-10(2)19-12/h3-5,7H,6,8H2,1-2H3. The molecule has 27 heavy (non-hydrogen) atoms. The highest BCUT2D eigenvalue weighted by Crippen LogP contribution is 2.24. The summed E-state index contributed by atoms with van der Waals surface area (Å²) in [4.78, 5) is 8.66. The number of halogens is 1. The number of hydrogen-bond acceptors (Lipinski definition) is 9. The topological polar surface area (TPSA) is 90.7 Å². The first-order chi connectivity index (χ1) is 13.1. The van der Waals surface area contributed by atoms with Gasteiger partial charge in [-0.25, -0.2) is 9.37 Å². The van der Waals surface area contributed by atoms with Gasteiger partial charge in [0.1, 0.15) is 5.82 Å². The maximum Gasteiger partial charge on any atom is 0.277 e. The molecule has 3 heterocycles. The summed E-state index contributed by atoms with van der Waals surface area (Å²) in [5, 5.41) is 15.3. The molecule has 0 bridgehead atoms. The Morgan fingerprint density at radius 1 is 1.15 bits per heavy atom. The third kappa shape index (κ3) is 4.22. The Hall–Kier alpha value is -2.59. The third-order valence-electron chi connectivity index (χ3n) is 3.66. The number of aromatic nitrogens is 5. The highest BCUT2D eigenvalue weighted by atomic mass is 32.2. The lowest BCUT2D eigenvalue weighted by atomic mass is 10.1. The molecular formula is C17H14FN5O2S2. The quantitative estimate of drug-likeness (QED) is 0.442. The Morgan fingerprint density at radius 2 is 2.04 bits per heavy atom. The van der Waals surface area contributed by atoms with Crippen LogP contribution in [-0.2, 0) is 12.2 Å². The zero-order chi connectivity index (χ0) is 18.8. The van der Waals surface area contributed by atoms with Crippen LogP contribution in [0.1, 0.15) is 28.0 Å². The first kappa shape index (κ1) is 17.8. The second kappa shape index (κ2) is 7.57. The first-order valence-corrected chi connectivity index (χ1v) is 9.88. The van der Waals surface area contributed by atoms with E-state index in [-0.39, 0.29) is 5.82 Å². The van der Waals surface area contributed by atoms with E-state index in [0.29, 0.717) is 46.1 Å². The van der Waals surface area contributed by atoms with Gasteiger partial charge in [0, 0.05) is 10.9 Å². The molecule has 4 rings (SSSR count). The lowest BCUT2D eigenvalue weighted by molar-refractivity contribution is 0.389.